The molecule has 4 aromatic rings. The van der Waals surface area contributed by atoms with E-state index in [1.165, 1.54) is 10.9 Å². The van der Waals surface area contributed by atoms with E-state index in [4.69, 9.17) is 0 Å². The van der Waals surface area contributed by atoms with E-state index < -0.39 is 0 Å². The van der Waals surface area contributed by atoms with E-state index in [-0.39, 0.29) is 11.3 Å². The summed E-state index contributed by atoms with van der Waals surface area (Å²) in [4.78, 5) is 30.3. The average Bonchev–Trinajstić information content (AvgIpc) is 3.51. The molecule has 7 heteroatoms. The van der Waals surface area contributed by atoms with Crippen LogP contribution in [0.4, 0.5) is 5.82 Å². The number of rotatable bonds is 3. The lowest BCUT2D eigenvalue weighted by Crippen LogP contribution is -2.36. The van der Waals surface area contributed by atoms with Crippen LogP contribution in [0.5, 0.6) is 0 Å². The topological polar surface area (TPSA) is 69.5 Å². The van der Waals surface area contributed by atoms with Gasteiger partial charge in [-0.15, -0.1) is 0 Å². The maximum Gasteiger partial charge on any atom is 0.231 e. The fourth-order valence-electron chi connectivity index (χ4n) is 5.20. The summed E-state index contributed by atoms with van der Waals surface area (Å²) >= 11 is 0. The van der Waals surface area contributed by atoms with Gasteiger partial charge in [0.25, 0.3) is 0 Å². The lowest BCUT2D eigenvalue weighted by atomic mass is 9.85. The van der Waals surface area contributed by atoms with Crippen LogP contribution >= 0.6 is 0 Å². The number of aromatic nitrogens is 4. The molecule has 1 amide bonds. The Morgan fingerprint density at radius 2 is 2.07 bits per heavy atom. The van der Waals surface area contributed by atoms with Gasteiger partial charge in [-0.2, -0.15) is 0 Å². The van der Waals surface area contributed by atoms with Gasteiger partial charge in [-0.05, 0) is 31.4 Å². The molecule has 1 spiro atoms. The molecular weight excluding hydrogens is 376 g/mol. The van der Waals surface area contributed by atoms with Gasteiger partial charge in [0.2, 0.25) is 5.91 Å². The van der Waals surface area contributed by atoms with Crippen LogP contribution in [0.2, 0.25) is 0 Å². The summed E-state index contributed by atoms with van der Waals surface area (Å²) in [6.45, 7) is 5.02. The van der Waals surface area contributed by atoms with Crippen molar-refractivity contribution in [3.8, 4) is 0 Å². The number of amides is 1. The quantitative estimate of drug-likeness (QED) is 0.574. The van der Waals surface area contributed by atoms with Gasteiger partial charge in [0, 0.05) is 61.9 Å². The van der Waals surface area contributed by atoms with Crippen LogP contribution in [0.3, 0.4) is 0 Å². The van der Waals surface area contributed by atoms with E-state index in [0.29, 0.717) is 6.54 Å². The van der Waals surface area contributed by atoms with E-state index in [1.807, 2.05) is 53.1 Å². The van der Waals surface area contributed by atoms with Crippen LogP contribution in [0.25, 0.3) is 16.6 Å². The Hall–Kier alpha value is -3.35. The summed E-state index contributed by atoms with van der Waals surface area (Å²) in [5, 5.41) is 1.20. The van der Waals surface area contributed by atoms with Crippen molar-refractivity contribution >= 4 is 28.3 Å². The first kappa shape index (κ1) is 17.5. The lowest BCUT2D eigenvalue weighted by molar-refractivity contribution is -0.135. The standard InChI is InChI=1S/C23H24N6O/c1-16-13-27-11-8-24-20(21(27)26-16)29-10-7-23(15-29)6-9-28(22(23)30)14-17-12-25-19-5-3-2-4-18(17)19/h2-5,8,11-13,25H,6-7,9-10,14-15H2,1H3. The van der Waals surface area contributed by atoms with Crippen molar-refractivity contribution in [3.63, 3.8) is 0 Å². The smallest absolute Gasteiger partial charge is 0.231 e. The molecular formula is C23H24N6O. The van der Waals surface area contributed by atoms with Crippen LogP contribution in [0.1, 0.15) is 24.1 Å². The number of fused-ring (bicyclic) bond motifs is 2. The molecule has 0 bridgehead atoms. The summed E-state index contributed by atoms with van der Waals surface area (Å²) in [5.74, 6) is 1.16. The first-order chi connectivity index (χ1) is 14.6. The number of aromatic amines is 1. The molecule has 6 rings (SSSR count). The van der Waals surface area contributed by atoms with Gasteiger partial charge in [0.05, 0.1) is 11.1 Å². The Labute approximate surface area is 174 Å². The Balaban J connectivity index is 1.25. The lowest BCUT2D eigenvalue weighted by Gasteiger charge is -2.24. The third kappa shape index (κ3) is 2.54. The maximum absolute atomic E-state index is 13.5. The van der Waals surface area contributed by atoms with Crippen molar-refractivity contribution in [1.82, 2.24) is 24.3 Å². The number of carbonyl (C=O) groups excluding carboxylic acids is 1. The molecule has 0 radical (unpaired) electrons. The van der Waals surface area contributed by atoms with Crippen LogP contribution in [-0.4, -0.2) is 49.8 Å². The summed E-state index contributed by atoms with van der Waals surface area (Å²) in [6.07, 6.45) is 9.56. The normalized spacial score (nSPS) is 21.7. The minimum absolute atomic E-state index is 0.279. The van der Waals surface area contributed by atoms with Crippen molar-refractivity contribution < 1.29 is 4.79 Å². The predicted octanol–water partition coefficient (Wildman–Crippen LogP) is 3.15. The van der Waals surface area contributed by atoms with Crippen molar-refractivity contribution in [3.05, 3.63) is 60.3 Å². The third-order valence-electron chi connectivity index (χ3n) is 6.77. The Bertz CT molecular complexity index is 1270. The minimum Gasteiger partial charge on any atom is -0.361 e. The molecule has 0 saturated carbocycles. The highest BCUT2D eigenvalue weighted by atomic mass is 16.2. The second-order valence-electron chi connectivity index (χ2n) is 8.65. The zero-order valence-electron chi connectivity index (χ0n) is 17.0. The third-order valence-corrected chi connectivity index (χ3v) is 6.77. The van der Waals surface area contributed by atoms with Crippen LogP contribution in [0, 0.1) is 12.3 Å². The number of likely N-dealkylation sites (tertiary alicyclic amines) is 1. The summed E-state index contributed by atoms with van der Waals surface area (Å²) in [5.41, 5.74) is 3.84. The van der Waals surface area contributed by atoms with Crippen molar-refractivity contribution in [2.75, 3.05) is 24.5 Å². The van der Waals surface area contributed by atoms with Crippen LogP contribution in [-0.2, 0) is 11.3 Å². The molecule has 1 unspecified atom stereocenters. The molecule has 7 nitrogen and oxygen atoms in total. The number of hydrogen-bond donors (Lipinski definition) is 1. The van der Waals surface area contributed by atoms with Gasteiger partial charge >= 0.3 is 0 Å². The highest BCUT2D eigenvalue weighted by Gasteiger charge is 2.51. The minimum atomic E-state index is -0.303. The maximum atomic E-state index is 13.5. The van der Waals surface area contributed by atoms with Crippen molar-refractivity contribution in [1.29, 1.82) is 0 Å². The molecule has 2 aliphatic rings. The summed E-state index contributed by atoms with van der Waals surface area (Å²) < 4.78 is 2.02. The number of aryl methyl sites for hydroxylation is 1. The van der Waals surface area contributed by atoms with E-state index in [2.05, 4.69) is 32.0 Å². The number of hydrogen-bond acceptors (Lipinski definition) is 4. The number of carbonyl (C=O) groups is 1. The van der Waals surface area contributed by atoms with Gasteiger partial charge in [-0.25, -0.2) is 9.97 Å². The van der Waals surface area contributed by atoms with Crippen molar-refractivity contribution in [2.24, 2.45) is 5.41 Å². The number of anilines is 1. The van der Waals surface area contributed by atoms with E-state index in [1.54, 1.807) is 0 Å². The molecule has 1 atom stereocenters. The fraction of sp³-hybridized carbons (Fsp3) is 0.348. The molecule has 152 valence electrons. The number of benzene rings is 1. The molecule has 2 saturated heterocycles. The molecule has 30 heavy (non-hydrogen) atoms. The molecule has 0 aliphatic carbocycles. The highest BCUT2D eigenvalue weighted by molar-refractivity contribution is 5.88. The van der Waals surface area contributed by atoms with E-state index in [0.717, 1.165) is 55.2 Å². The predicted molar refractivity (Wildman–Crippen MR) is 115 cm³/mol. The fourth-order valence-corrected chi connectivity index (χ4v) is 5.20. The monoisotopic (exact) mass is 400 g/mol. The number of nitrogens with zero attached hydrogens (tertiary/aromatic N) is 5. The van der Waals surface area contributed by atoms with Gasteiger partial charge < -0.3 is 19.2 Å². The number of imidazole rings is 1. The first-order valence-corrected chi connectivity index (χ1v) is 10.5. The van der Waals surface area contributed by atoms with Gasteiger partial charge in [-0.1, -0.05) is 18.2 Å². The van der Waals surface area contributed by atoms with Crippen molar-refractivity contribution in [2.45, 2.75) is 26.3 Å². The molecule has 1 N–H and O–H groups in total. The largest absolute Gasteiger partial charge is 0.361 e. The number of para-hydroxylation sites is 1. The Kier molecular flexibility index (Phi) is 3.69. The van der Waals surface area contributed by atoms with Crippen LogP contribution in [0.15, 0.2) is 49.1 Å². The molecule has 2 aliphatic heterocycles. The number of H-pyrrole nitrogens is 1. The Morgan fingerprint density at radius 3 is 3.00 bits per heavy atom. The van der Waals surface area contributed by atoms with E-state index >= 15 is 0 Å². The summed E-state index contributed by atoms with van der Waals surface area (Å²) in [6, 6.07) is 8.27. The summed E-state index contributed by atoms with van der Waals surface area (Å²) in [7, 11) is 0. The molecule has 3 aromatic heterocycles. The van der Waals surface area contributed by atoms with Gasteiger partial charge in [-0.3, -0.25) is 4.79 Å². The zero-order valence-corrected chi connectivity index (χ0v) is 17.0. The second kappa shape index (κ2) is 6.32. The molecule has 1 aromatic carbocycles. The number of nitrogens with one attached hydrogen (secondary N) is 1. The van der Waals surface area contributed by atoms with Gasteiger partial charge in [0.15, 0.2) is 11.5 Å². The second-order valence-corrected chi connectivity index (χ2v) is 8.65. The van der Waals surface area contributed by atoms with E-state index in [9.17, 15) is 4.79 Å². The first-order valence-electron chi connectivity index (χ1n) is 10.5. The van der Waals surface area contributed by atoms with Gasteiger partial charge in [0.1, 0.15) is 0 Å². The molecule has 2 fully saturated rings. The Morgan fingerprint density at radius 1 is 1.20 bits per heavy atom. The van der Waals surface area contributed by atoms with Crippen LogP contribution < -0.4 is 4.90 Å². The molecule has 5 heterocycles. The average molecular weight is 400 g/mol. The SMILES string of the molecule is Cc1cn2ccnc(N3CCC4(CCN(Cc5c[nH]c6ccccc56)C4=O)C3)c2n1. The zero-order chi connectivity index (χ0) is 20.3. The highest BCUT2D eigenvalue weighted by Crippen LogP contribution is 2.43.